The second kappa shape index (κ2) is 6.17. The Morgan fingerprint density at radius 2 is 2.00 bits per heavy atom. The molecule has 0 radical (unpaired) electrons. The predicted molar refractivity (Wildman–Crippen MR) is 71.3 cm³/mol. The number of aryl methyl sites for hydroxylation is 1. The summed E-state index contributed by atoms with van der Waals surface area (Å²) in [4.78, 5) is 0. The van der Waals surface area contributed by atoms with E-state index >= 15 is 0 Å². The highest BCUT2D eigenvalue weighted by molar-refractivity contribution is 7.87. The largest absolute Gasteiger partial charge is 0.534 e. The maximum atomic E-state index is 12.5. The van der Waals surface area contributed by atoms with Crippen LogP contribution in [0.5, 0.6) is 5.75 Å². The molecule has 9 heteroatoms. The molecular formula is C13H13F3O5S. The van der Waals surface area contributed by atoms with Crippen molar-refractivity contribution in [3.05, 3.63) is 35.4 Å². The molecule has 22 heavy (non-hydrogen) atoms. The number of fused-ring (bicyclic) bond motifs is 1. The van der Waals surface area contributed by atoms with E-state index in [9.17, 15) is 21.6 Å². The van der Waals surface area contributed by atoms with Gasteiger partial charge in [0.1, 0.15) is 11.5 Å². The van der Waals surface area contributed by atoms with Gasteiger partial charge in [0, 0.05) is 7.11 Å². The molecule has 0 fully saturated rings. The lowest BCUT2D eigenvalue weighted by Crippen LogP contribution is -2.25. The quantitative estimate of drug-likeness (QED) is 0.469. The third-order valence-electron chi connectivity index (χ3n) is 2.92. The van der Waals surface area contributed by atoms with Crippen LogP contribution in [-0.2, 0) is 25.5 Å². The normalized spacial score (nSPS) is 15.0. The minimum Gasteiger partial charge on any atom is -0.467 e. The van der Waals surface area contributed by atoms with Gasteiger partial charge >= 0.3 is 15.6 Å². The molecule has 0 saturated heterocycles. The number of halogens is 3. The Morgan fingerprint density at radius 3 is 2.64 bits per heavy atom. The highest BCUT2D eigenvalue weighted by atomic mass is 32.2. The van der Waals surface area contributed by atoms with Gasteiger partial charge in [-0.2, -0.15) is 21.6 Å². The van der Waals surface area contributed by atoms with Crippen LogP contribution >= 0.6 is 0 Å². The van der Waals surface area contributed by atoms with Crippen LogP contribution in [0.1, 0.15) is 17.5 Å². The van der Waals surface area contributed by atoms with Gasteiger partial charge < -0.3 is 13.7 Å². The smallest absolute Gasteiger partial charge is 0.467 e. The van der Waals surface area contributed by atoms with Crippen LogP contribution in [0.3, 0.4) is 0 Å². The lowest BCUT2D eigenvalue weighted by molar-refractivity contribution is -0.0509. The number of ether oxygens (including phenoxy) is 2. The predicted octanol–water partition coefficient (Wildman–Crippen LogP) is 2.82. The first kappa shape index (κ1) is 16.6. The van der Waals surface area contributed by atoms with Crippen molar-refractivity contribution >= 4 is 15.9 Å². The minimum atomic E-state index is -5.73. The molecule has 2 rings (SSSR count). The summed E-state index contributed by atoms with van der Waals surface area (Å²) < 4.78 is 74.1. The van der Waals surface area contributed by atoms with E-state index in [1.807, 2.05) is 0 Å². The zero-order valence-electron chi connectivity index (χ0n) is 11.5. The number of hydrogen-bond acceptors (Lipinski definition) is 5. The van der Waals surface area contributed by atoms with Crippen LogP contribution < -0.4 is 4.74 Å². The Labute approximate surface area is 125 Å². The van der Waals surface area contributed by atoms with Crippen LogP contribution in [0.15, 0.2) is 24.3 Å². The highest BCUT2D eigenvalue weighted by Crippen LogP contribution is 2.38. The number of benzene rings is 1. The fourth-order valence-electron chi connectivity index (χ4n) is 2.01. The molecule has 1 aliphatic rings. The van der Waals surface area contributed by atoms with Crippen molar-refractivity contribution in [1.29, 1.82) is 0 Å². The van der Waals surface area contributed by atoms with Gasteiger partial charge in [-0.25, -0.2) is 0 Å². The van der Waals surface area contributed by atoms with Gasteiger partial charge in [0.15, 0.2) is 6.79 Å². The van der Waals surface area contributed by atoms with E-state index in [1.54, 1.807) is 12.1 Å². The summed E-state index contributed by atoms with van der Waals surface area (Å²) in [6, 6.07) is 4.83. The van der Waals surface area contributed by atoms with E-state index in [0.717, 1.165) is 0 Å². The second-order valence-corrected chi connectivity index (χ2v) is 5.97. The van der Waals surface area contributed by atoms with Crippen molar-refractivity contribution in [1.82, 2.24) is 0 Å². The third kappa shape index (κ3) is 3.36. The lowest BCUT2D eigenvalue weighted by atomic mass is 9.95. The molecular weight excluding hydrogens is 325 g/mol. The van der Waals surface area contributed by atoms with Crippen molar-refractivity contribution in [2.24, 2.45) is 0 Å². The van der Waals surface area contributed by atoms with Crippen molar-refractivity contribution in [3.8, 4) is 5.75 Å². The molecule has 0 amide bonds. The molecule has 0 heterocycles. The van der Waals surface area contributed by atoms with E-state index < -0.39 is 15.6 Å². The monoisotopic (exact) mass is 338 g/mol. The fraction of sp³-hybridized carbons (Fsp3) is 0.385. The number of allylic oxidation sites excluding steroid dienone is 1. The lowest BCUT2D eigenvalue weighted by Gasteiger charge is -2.21. The van der Waals surface area contributed by atoms with Gasteiger partial charge in [0.05, 0.1) is 5.56 Å². The maximum absolute atomic E-state index is 12.5. The highest BCUT2D eigenvalue weighted by Gasteiger charge is 2.49. The van der Waals surface area contributed by atoms with Gasteiger partial charge in [0.25, 0.3) is 0 Å². The Bertz CT molecular complexity index is 679. The molecule has 0 unspecified atom stereocenters. The summed E-state index contributed by atoms with van der Waals surface area (Å²) >= 11 is 0. The summed E-state index contributed by atoms with van der Waals surface area (Å²) in [5.41, 5.74) is -4.66. The number of hydrogen-bond donors (Lipinski definition) is 0. The van der Waals surface area contributed by atoms with Crippen molar-refractivity contribution in [2.45, 2.75) is 18.3 Å². The first-order valence-corrected chi connectivity index (χ1v) is 7.62. The summed E-state index contributed by atoms with van der Waals surface area (Å²) in [6.07, 6.45) is 2.20. The topological polar surface area (TPSA) is 61.8 Å². The van der Waals surface area contributed by atoms with E-state index in [4.69, 9.17) is 9.47 Å². The third-order valence-corrected chi connectivity index (χ3v) is 3.88. The number of methoxy groups -OCH3 is 1. The maximum Gasteiger partial charge on any atom is 0.534 e. The van der Waals surface area contributed by atoms with Crippen LogP contribution in [0.2, 0.25) is 0 Å². The molecule has 0 saturated carbocycles. The Hall–Kier alpha value is -1.74. The van der Waals surface area contributed by atoms with Gasteiger partial charge in [-0.1, -0.05) is 12.1 Å². The molecule has 1 aliphatic carbocycles. The van der Waals surface area contributed by atoms with Crippen LogP contribution in [0, 0.1) is 0 Å². The van der Waals surface area contributed by atoms with E-state index in [0.29, 0.717) is 18.4 Å². The fourth-order valence-corrected chi connectivity index (χ4v) is 2.49. The van der Waals surface area contributed by atoms with Crippen LogP contribution in [0.4, 0.5) is 13.2 Å². The molecule has 0 atom stereocenters. The molecule has 0 bridgehead atoms. The second-order valence-electron chi connectivity index (χ2n) is 4.43. The van der Waals surface area contributed by atoms with Gasteiger partial charge in [-0.3, -0.25) is 0 Å². The Kier molecular flexibility index (Phi) is 4.66. The summed E-state index contributed by atoms with van der Waals surface area (Å²) in [6.45, 7) is -0.129. The van der Waals surface area contributed by atoms with E-state index in [1.165, 1.54) is 19.3 Å². The van der Waals surface area contributed by atoms with E-state index in [-0.39, 0.29) is 23.9 Å². The zero-order chi connectivity index (χ0) is 16.4. The molecule has 1 aromatic rings. The average molecular weight is 338 g/mol. The van der Waals surface area contributed by atoms with E-state index in [2.05, 4.69) is 4.18 Å². The van der Waals surface area contributed by atoms with Crippen LogP contribution in [0.25, 0.3) is 5.76 Å². The SMILES string of the molecule is COCOc1cccc2c1C(OS(=O)(=O)C(F)(F)F)=CCC2. The van der Waals surface area contributed by atoms with Crippen molar-refractivity contribution in [3.63, 3.8) is 0 Å². The Balaban J connectivity index is 2.40. The van der Waals surface area contributed by atoms with Crippen molar-refractivity contribution in [2.75, 3.05) is 13.9 Å². The number of rotatable bonds is 5. The molecule has 1 aromatic carbocycles. The molecule has 0 spiro atoms. The summed E-state index contributed by atoms with van der Waals surface area (Å²) in [7, 11) is -4.35. The first-order valence-electron chi connectivity index (χ1n) is 6.21. The van der Waals surface area contributed by atoms with Crippen LogP contribution in [-0.4, -0.2) is 27.8 Å². The molecule has 0 N–H and O–H groups in total. The zero-order valence-corrected chi connectivity index (χ0v) is 12.3. The summed E-state index contributed by atoms with van der Waals surface area (Å²) in [5.74, 6) is -0.187. The molecule has 5 nitrogen and oxygen atoms in total. The average Bonchev–Trinajstić information content (AvgIpc) is 2.43. The van der Waals surface area contributed by atoms with Gasteiger partial charge in [-0.15, -0.1) is 0 Å². The molecule has 0 aromatic heterocycles. The molecule has 0 aliphatic heterocycles. The standard InChI is InChI=1S/C13H13F3O5S/c1-19-8-20-10-6-2-4-9-5-3-7-11(12(9)10)21-22(17,18)13(14,15)16/h2,4,6-7H,3,5,8H2,1H3. The van der Waals surface area contributed by atoms with Gasteiger partial charge in [0.2, 0.25) is 0 Å². The number of alkyl halides is 3. The van der Waals surface area contributed by atoms with Crippen molar-refractivity contribution < 1.29 is 35.2 Å². The Morgan fingerprint density at radius 1 is 1.27 bits per heavy atom. The molecule has 122 valence electrons. The summed E-state index contributed by atoms with van der Waals surface area (Å²) in [5, 5.41) is 0. The first-order chi connectivity index (χ1) is 10.3. The minimum absolute atomic E-state index is 0.129. The van der Waals surface area contributed by atoms with Gasteiger partial charge in [-0.05, 0) is 30.5 Å².